The van der Waals surface area contributed by atoms with Crippen LogP contribution in [0.15, 0.2) is 83.8 Å². The molecule has 0 bridgehead atoms. The monoisotopic (exact) mass is 474 g/mol. The zero-order valence-corrected chi connectivity index (χ0v) is 19.5. The summed E-state index contributed by atoms with van der Waals surface area (Å²) >= 11 is 6.10. The van der Waals surface area contributed by atoms with Gasteiger partial charge in [0, 0.05) is 41.0 Å². The number of carbonyl (C=O) groups is 2. The van der Waals surface area contributed by atoms with Crippen LogP contribution in [0.5, 0.6) is 0 Å². The summed E-state index contributed by atoms with van der Waals surface area (Å²) in [5, 5.41) is 10.3. The summed E-state index contributed by atoms with van der Waals surface area (Å²) in [4.78, 5) is 30.0. The van der Waals surface area contributed by atoms with E-state index in [0.717, 1.165) is 36.8 Å². The summed E-state index contributed by atoms with van der Waals surface area (Å²) in [6.07, 6.45) is 14.9. The standard InChI is InChI=1S/C27H27ClN4O2/c28-21-9-10-22-20(15-21)16-25(30-22)27(34)32-24-4-2-1-3-23(24)31-26(33)19-7-5-17(6-8-19)18-11-13-29-14-12-18/h5-16,20,22-24,30H,1-4H2,(H,31,33)(H,32,34)/t20?,22?,23-,24+/m1/s1. The SMILES string of the molecule is O=C(N[C@H]1CCCC[C@H]1NC(=O)c1ccc(-c2ccncc2)cc1)C1=CC2C=C(Cl)C=CC2N1. The van der Waals surface area contributed by atoms with E-state index in [4.69, 9.17) is 11.6 Å². The van der Waals surface area contributed by atoms with E-state index in [-0.39, 0.29) is 35.9 Å². The number of allylic oxidation sites excluding steroid dienone is 2. The van der Waals surface area contributed by atoms with Gasteiger partial charge >= 0.3 is 0 Å². The third-order valence-corrected chi connectivity index (χ3v) is 6.97. The van der Waals surface area contributed by atoms with Crippen LogP contribution in [-0.4, -0.2) is 34.9 Å². The van der Waals surface area contributed by atoms with Crippen LogP contribution in [-0.2, 0) is 4.79 Å². The first-order chi connectivity index (χ1) is 16.6. The van der Waals surface area contributed by atoms with Crippen LogP contribution in [0.2, 0.25) is 0 Å². The van der Waals surface area contributed by atoms with E-state index in [1.807, 2.05) is 60.7 Å². The van der Waals surface area contributed by atoms with E-state index in [2.05, 4.69) is 20.9 Å². The van der Waals surface area contributed by atoms with Gasteiger partial charge in [-0.1, -0.05) is 48.7 Å². The summed E-state index contributed by atoms with van der Waals surface area (Å²) < 4.78 is 0. The van der Waals surface area contributed by atoms with Crippen LogP contribution in [0.3, 0.4) is 0 Å². The highest BCUT2D eigenvalue weighted by Gasteiger charge is 2.32. The lowest BCUT2D eigenvalue weighted by molar-refractivity contribution is -0.118. The Balaban J connectivity index is 1.22. The van der Waals surface area contributed by atoms with E-state index in [1.54, 1.807) is 12.4 Å². The van der Waals surface area contributed by atoms with E-state index in [0.29, 0.717) is 16.3 Å². The highest BCUT2D eigenvalue weighted by Crippen LogP contribution is 2.27. The van der Waals surface area contributed by atoms with E-state index in [9.17, 15) is 9.59 Å². The van der Waals surface area contributed by atoms with E-state index < -0.39 is 0 Å². The number of carbonyl (C=O) groups excluding carboxylic acids is 2. The maximum atomic E-state index is 13.0. The Labute approximate surface area is 204 Å². The molecule has 1 saturated carbocycles. The highest BCUT2D eigenvalue weighted by molar-refractivity contribution is 6.31. The van der Waals surface area contributed by atoms with Crippen molar-refractivity contribution in [1.29, 1.82) is 0 Å². The molecule has 2 aromatic rings. The number of fused-ring (bicyclic) bond motifs is 1. The summed E-state index contributed by atoms with van der Waals surface area (Å²) in [7, 11) is 0. The molecular weight excluding hydrogens is 448 g/mol. The highest BCUT2D eigenvalue weighted by atomic mass is 35.5. The lowest BCUT2D eigenvalue weighted by Gasteiger charge is -2.33. The molecule has 2 amide bonds. The molecule has 6 nitrogen and oxygen atoms in total. The summed E-state index contributed by atoms with van der Waals surface area (Å²) in [6, 6.07) is 11.3. The lowest BCUT2D eigenvalue weighted by atomic mass is 9.89. The second-order valence-corrected chi connectivity index (χ2v) is 9.43. The number of nitrogens with one attached hydrogen (secondary N) is 3. The number of pyridine rings is 1. The Kier molecular flexibility index (Phi) is 6.50. The van der Waals surface area contributed by atoms with Crippen LogP contribution in [0.25, 0.3) is 11.1 Å². The minimum Gasteiger partial charge on any atom is -0.374 e. The second-order valence-electron chi connectivity index (χ2n) is 9.00. The maximum Gasteiger partial charge on any atom is 0.267 e. The molecule has 1 aromatic carbocycles. The van der Waals surface area contributed by atoms with Gasteiger partial charge in [0.05, 0.1) is 11.7 Å². The molecule has 0 spiro atoms. The number of hydrogen-bond acceptors (Lipinski definition) is 4. The summed E-state index contributed by atoms with van der Waals surface area (Å²) in [6.45, 7) is 0. The molecule has 34 heavy (non-hydrogen) atoms. The van der Waals surface area contributed by atoms with Crippen LogP contribution in [0.4, 0.5) is 0 Å². The van der Waals surface area contributed by atoms with Gasteiger partial charge in [-0.25, -0.2) is 0 Å². The number of benzene rings is 1. The van der Waals surface area contributed by atoms with Gasteiger partial charge in [0.1, 0.15) is 0 Å². The van der Waals surface area contributed by atoms with Crippen LogP contribution in [0.1, 0.15) is 36.0 Å². The van der Waals surface area contributed by atoms with Crippen molar-refractivity contribution in [2.24, 2.45) is 5.92 Å². The fourth-order valence-electron chi connectivity index (χ4n) is 4.86. The summed E-state index contributed by atoms with van der Waals surface area (Å²) in [5.41, 5.74) is 3.25. The lowest BCUT2D eigenvalue weighted by Crippen LogP contribution is -2.54. The van der Waals surface area contributed by atoms with E-state index >= 15 is 0 Å². The van der Waals surface area contributed by atoms with Crippen molar-refractivity contribution >= 4 is 23.4 Å². The molecule has 5 rings (SSSR count). The fraction of sp³-hybridized carbons (Fsp3) is 0.296. The third-order valence-electron chi connectivity index (χ3n) is 6.71. The van der Waals surface area contributed by atoms with Crippen molar-refractivity contribution in [2.45, 2.75) is 43.8 Å². The van der Waals surface area contributed by atoms with Crippen molar-refractivity contribution in [3.05, 3.63) is 89.4 Å². The van der Waals surface area contributed by atoms with Crippen LogP contribution >= 0.6 is 11.6 Å². The maximum absolute atomic E-state index is 13.0. The molecule has 174 valence electrons. The number of hydrogen-bond donors (Lipinski definition) is 3. The predicted molar refractivity (Wildman–Crippen MR) is 133 cm³/mol. The average Bonchev–Trinajstić information content (AvgIpc) is 3.29. The first kappa shape index (κ1) is 22.4. The van der Waals surface area contributed by atoms with Gasteiger partial charge in [-0.15, -0.1) is 0 Å². The van der Waals surface area contributed by atoms with Gasteiger partial charge in [0.15, 0.2) is 0 Å². The average molecular weight is 475 g/mol. The molecule has 2 heterocycles. The van der Waals surface area contributed by atoms with Crippen LogP contribution < -0.4 is 16.0 Å². The topological polar surface area (TPSA) is 83.1 Å². The Morgan fingerprint density at radius 1 is 0.882 bits per heavy atom. The zero-order chi connectivity index (χ0) is 23.5. The van der Waals surface area contributed by atoms with Gasteiger partial charge in [0.2, 0.25) is 0 Å². The smallest absolute Gasteiger partial charge is 0.267 e. The Bertz CT molecular complexity index is 1160. The molecule has 2 aliphatic carbocycles. The van der Waals surface area contributed by atoms with Gasteiger partial charge in [-0.2, -0.15) is 0 Å². The number of nitrogens with zero attached hydrogens (tertiary/aromatic N) is 1. The van der Waals surface area contributed by atoms with Crippen molar-refractivity contribution in [3.8, 4) is 11.1 Å². The number of rotatable bonds is 5. The Morgan fingerprint density at radius 3 is 2.24 bits per heavy atom. The van der Waals surface area contributed by atoms with Gasteiger partial charge in [0.25, 0.3) is 11.8 Å². The Hall–Kier alpha value is -3.38. The van der Waals surface area contributed by atoms with Gasteiger partial charge in [-0.05, 0) is 60.4 Å². The van der Waals surface area contributed by atoms with Gasteiger partial charge in [-0.3, -0.25) is 14.6 Å². The van der Waals surface area contributed by atoms with Crippen molar-refractivity contribution in [3.63, 3.8) is 0 Å². The minimum absolute atomic E-state index is 0.0558. The van der Waals surface area contributed by atoms with Crippen molar-refractivity contribution in [2.75, 3.05) is 0 Å². The number of aromatic nitrogens is 1. The zero-order valence-electron chi connectivity index (χ0n) is 18.7. The second kappa shape index (κ2) is 9.85. The number of halogens is 1. The molecule has 1 aliphatic heterocycles. The molecule has 3 aliphatic rings. The molecule has 4 atom stereocenters. The molecular formula is C27H27ClN4O2. The third kappa shape index (κ3) is 4.92. The normalized spacial score (nSPS) is 25.4. The molecule has 1 fully saturated rings. The van der Waals surface area contributed by atoms with Crippen LogP contribution in [0, 0.1) is 5.92 Å². The molecule has 1 aromatic heterocycles. The predicted octanol–water partition coefficient (Wildman–Crippen LogP) is 4.07. The molecule has 3 N–H and O–H groups in total. The molecule has 2 unspecified atom stereocenters. The minimum atomic E-state index is -0.139. The first-order valence-corrected chi connectivity index (χ1v) is 12.1. The molecule has 0 saturated heterocycles. The Morgan fingerprint density at radius 2 is 1.53 bits per heavy atom. The van der Waals surface area contributed by atoms with Gasteiger partial charge < -0.3 is 16.0 Å². The van der Waals surface area contributed by atoms with Crippen molar-refractivity contribution in [1.82, 2.24) is 20.9 Å². The quantitative estimate of drug-likeness (QED) is 0.610. The largest absolute Gasteiger partial charge is 0.374 e. The molecule has 0 radical (unpaired) electrons. The summed E-state index contributed by atoms with van der Waals surface area (Å²) in [5.74, 6) is -0.183. The molecule has 7 heteroatoms. The first-order valence-electron chi connectivity index (χ1n) is 11.7. The van der Waals surface area contributed by atoms with Crippen molar-refractivity contribution < 1.29 is 9.59 Å². The number of amides is 2. The fourth-order valence-corrected chi connectivity index (χ4v) is 5.08. The van der Waals surface area contributed by atoms with E-state index in [1.165, 1.54) is 0 Å².